The van der Waals surface area contributed by atoms with Crippen molar-refractivity contribution in [2.24, 2.45) is 5.84 Å². The Labute approximate surface area is 105 Å². The minimum atomic E-state index is -3.68. The van der Waals surface area contributed by atoms with E-state index in [0.29, 0.717) is 11.4 Å². The SMILES string of the molecule is NNc1ccccc1S(=O)(=O)Nc1ccncc1. The third-order valence-corrected chi connectivity index (χ3v) is 3.70. The number of para-hydroxylation sites is 1. The van der Waals surface area contributed by atoms with Gasteiger partial charge in [-0.1, -0.05) is 12.1 Å². The third-order valence-electron chi connectivity index (χ3n) is 2.26. The number of benzene rings is 1. The summed E-state index contributed by atoms with van der Waals surface area (Å²) in [6.07, 6.45) is 3.01. The van der Waals surface area contributed by atoms with E-state index in [4.69, 9.17) is 5.84 Å². The Morgan fingerprint density at radius 2 is 1.72 bits per heavy atom. The number of anilines is 2. The molecule has 4 N–H and O–H groups in total. The second kappa shape index (κ2) is 5.03. The monoisotopic (exact) mass is 264 g/mol. The molecule has 18 heavy (non-hydrogen) atoms. The summed E-state index contributed by atoms with van der Waals surface area (Å²) in [6.45, 7) is 0. The fourth-order valence-electron chi connectivity index (χ4n) is 1.45. The Morgan fingerprint density at radius 3 is 2.39 bits per heavy atom. The van der Waals surface area contributed by atoms with Gasteiger partial charge in [0.25, 0.3) is 10.0 Å². The summed E-state index contributed by atoms with van der Waals surface area (Å²) >= 11 is 0. The molecule has 1 heterocycles. The quantitative estimate of drug-likeness (QED) is 0.569. The Bertz CT molecular complexity index is 629. The lowest BCUT2D eigenvalue weighted by atomic mass is 10.3. The smallest absolute Gasteiger partial charge is 0.264 e. The fraction of sp³-hybridized carbons (Fsp3) is 0. The molecule has 0 spiro atoms. The van der Waals surface area contributed by atoms with Crippen molar-refractivity contribution in [3.8, 4) is 0 Å². The summed E-state index contributed by atoms with van der Waals surface area (Å²) in [4.78, 5) is 3.90. The van der Waals surface area contributed by atoms with E-state index in [0.717, 1.165) is 0 Å². The van der Waals surface area contributed by atoms with Gasteiger partial charge in [-0.05, 0) is 24.3 Å². The molecule has 1 aromatic carbocycles. The molecule has 2 aromatic rings. The number of rotatable bonds is 4. The van der Waals surface area contributed by atoms with Crippen LogP contribution < -0.4 is 16.0 Å². The Hall–Kier alpha value is -2.12. The molecule has 0 saturated heterocycles. The van der Waals surface area contributed by atoms with E-state index < -0.39 is 10.0 Å². The number of hydrazine groups is 1. The minimum absolute atomic E-state index is 0.0873. The van der Waals surface area contributed by atoms with Crippen molar-refractivity contribution in [3.63, 3.8) is 0 Å². The Morgan fingerprint density at radius 1 is 1.06 bits per heavy atom. The Balaban J connectivity index is 2.37. The molecule has 0 unspecified atom stereocenters. The molecule has 0 amide bonds. The van der Waals surface area contributed by atoms with Gasteiger partial charge in [0.2, 0.25) is 0 Å². The van der Waals surface area contributed by atoms with Gasteiger partial charge in [0.05, 0.1) is 11.4 Å². The standard InChI is InChI=1S/C11H12N4O2S/c12-14-10-3-1-2-4-11(10)18(16,17)15-9-5-7-13-8-6-9/h1-8,14H,12H2,(H,13,15). The van der Waals surface area contributed by atoms with Gasteiger partial charge < -0.3 is 5.43 Å². The molecule has 0 fully saturated rings. The molecule has 0 bridgehead atoms. The molecule has 0 saturated carbocycles. The maximum atomic E-state index is 12.2. The van der Waals surface area contributed by atoms with Crippen LogP contribution in [0.5, 0.6) is 0 Å². The van der Waals surface area contributed by atoms with Crippen molar-refractivity contribution in [1.82, 2.24) is 4.98 Å². The van der Waals surface area contributed by atoms with Crippen molar-refractivity contribution in [3.05, 3.63) is 48.8 Å². The maximum Gasteiger partial charge on any atom is 0.264 e. The topological polar surface area (TPSA) is 97.1 Å². The van der Waals surface area contributed by atoms with Gasteiger partial charge >= 0.3 is 0 Å². The lowest BCUT2D eigenvalue weighted by Crippen LogP contribution is -2.17. The van der Waals surface area contributed by atoms with E-state index in [1.54, 1.807) is 30.3 Å². The number of aromatic nitrogens is 1. The Kier molecular flexibility index (Phi) is 3.45. The first kappa shape index (κ1) is 12.3. The van der Waals surface area contributed by atoms with Crippen LogP contribution in [0.4, 0.5) is 11.4 Å². The van der Waals surface area contributed by atoms with E-state index in [-0.39, 0.29) is 4.90 Å². The van der Waals surface area contributed by atoms with Gasteiger partial charge in [-0.15, -0.1) is 0 Å². The number of nitrogens with one attached hydrogen (secondary N) is 2. The van der Waals surface area contributed by atoms with E-state index in [9.17, 15) is 8.42 Å². The van der Waals surface area contributed by atoms with Crippen LogP contribution >= 0.6 is 0 Å². The van der Waals surface area contributed by atoms with Crippen LogP contribution in [0, 0.1) is 0 Å². The number of nitrogen functional groups attached to an aromatic ring is 1. The molecule has 0 atom stereocenters. The van der Waals surface area contributed by atoms with E-state index in [2.05, 4.69) is 15.1 Å². The predicted octanol–water partition coefficient (Wildman–Crippen LogP) is 1.17. The summed E-state index contributed by atoms with van der Waals surface area (Å²) in [5.41, 5.74) is 3.13. The summed E-state index contributed by atoms with van der Waals surface area (Å²) < 4.78 is 26.8. The zero-order valence-electron chi connectivity index (χ0n) is 9.37. The molecule has 0 aliphatic rings. The average Bonchev–Trinajstić information content (AvgIpc) is 2.39. The highest BCUT2D eigenvalue weighted by Crippen LogP contribution is 2.22. The van der Waals surface area contributed by atoms with Gasteiger partial charge in [-0.2, -0.15) is 0 Å². The molecular formula is C11H12N4O2S. The fourth-order valence-corrected chi connectivity index (χ4v) is 2.68. The summed E-state index contributed by atoms with van der Waals surface area (Å²) in [5.74, 6) is 5.29. The maximum absolute atomic E-state index is 12.2. The van der Waals surface area contributed by atoms with Crippen LogP contribution in [0.3, 0.4) is 0 Å². The average molecular weight is 264 g/mol. The molecule has 0 radical (unpaired) electrons. The normalized spacial score (nSPS) is 10.9. The second-order valence-corrected chi connectivity index (χ2v) is 5.13. The van der Waals surface area contributed by atoms with Crippen molar-refractivity contribution in [1.29, 1.82) is 0 Å². The highest BCUT2D eigenvalue weighted by Gasteiger charge is 2.17. The molecule has 7 heteroatoms. The zero-order chi connectivity index (χ0) is 13.0. The third kappa shape index (κ3) is 2.58. The van der Waals surface area contributed by atoms with Gasteiger partial charge in [0.15, 0.2) is 0 Å². The number of hydrogen-bond acceptors (Lipinski definition) is 5. The van der Waals surface area contributed by atoms with Crippen molar-refractivity contribution in [2.75, 3.05) is 10.1 Å². The van der Waals surface area contributed by atoms with E-state index >= 15 is 0 Å². The molecule has 2 rings (SSSR count). The van der Waals surface area contributed by atoms with Crippen LogP contribution in [0.1, 0.15) is 0 Å². The minimum Gasteiger partial charge on any atom is -0.323 e. The van der Waals surface area contributed by atoms with Crippen LogP contribution in [0.15, 0.2) is 53.7 Å². The largest absolute Gasteiger partial charge is 0.323 e. The number of hydrogen-bond donors (Lipinski definition) is 3. The molecular weight excluding hydrogens is 252 g/mol. The highest BCUT2D eigenvalue weighted by molar-refractivity contribution is 7.92. The summed E-state index contributed by atoms with van der Waals surface area (Å²) in [6, 6.07) is 9.51. The van der Waals surface area contributed by atoms with Gasteiger partial charge in [0.1, 0.15) is 4.90 Å². The van der Waals surface area contributed by atoms with Crippen LogP contribution in [0.2, 0.25) is 0 Å². The van der Waals surface area contributed by atoms with Gasteiger partial charge in [0, 0.05) is 12.4 Å². The van der Waals surface area contributed by atoms with Gasteiger partial charge in [-0.3, -0.25) is 15.5 Å². The number of sulfonamides is 1. The van der Waals surface area contributed by atoms with E-state index in [1.807, 2.05) is 0 Å². The number of nitrogens with two attached hydrogens (primary N) is 1. The van der Waals surface area contributed by atoms with Crippen molar-refractivity contribution >= 4 is 21.4 Å². The van der Waals surface area contributed by atoms with Gasteiger partial charge in [-0.25, -0.2) is 8.42 Å². The summed E-state index contributed by atoms with van der Waals surface area (Å²) in [7, 11) is -3.68. The number of pyridine rings is 1. The van der Waals surface area contributed by atoms with Crippen LogP contribution in [0.25, 0.3) is 0 Å². The lowest BCUT2D eigenvalue weighted by Gasteiger charge is -2.11. The summed E-state index contributed by atoms with van der Waals surface area (Å²) in [5, 5.41) is 0. The first-order valence-electron chi connectivity index (χ1n) is 5.12. The van der Waals surface area contributed by atoms with Crippen LogP contribution in [-0.4, -0.2) is 13.4 Å². The lowest BCUT2D eigenvalue weighted by molar-refractivity contribution is 0.601. The molecule has 94 valence electrons. The first-order chi connectivity index (χ1) is 8.63. The zero-order valence-corrected chi connectivity index (χ0v) is 10.2. The molecule has 6 nitrogen and oxygen atoms in total. The van der Waals surface area contributed by atoms with Crippen molar-refractivity contribution < 1.29 is 8.42 Å². The van der Waals surface area contributed by atoms with Crippen molar-refractivity contribution in [2.45, 2.75) is 4.90 Å². The predicted molar refractivity (Wildman–Crippen MR) is 69.3 cm³/mol. The molecule has 0 aliphatic heterocycles. The van der Waals surface area contributed by atoms with Crippen LogP contribution in [-0.2, 0) is 10.0 Å². The molecule has 0 aliphatic carbocycles. The number of nitrogens with zero attached hydrogens (tertiary/aromatic N) is 1. The second-order valence-electron chi connectivity index (χ2n) is 3.48. The molecule has 1 aromatic heterocycles. The first-order valence-corrected chi connectivity index (χ1v) is 6.60. The van der Waals surface area contributed by atoms with E-state index in [1.165, 1.54) is 18.5 Å². The highest BCUT2D eigenvalue weighted by atomic mass is 32.2.